The molecule has 0 aromatic carbocycles. The highest BCUT2D eigenvalue weighted by Gasteiger charge is 2.23. The van der Waals surface area contributed by atoms with E-state index in [-0.39, 0.29) is 16.8 Å². The molecular formula is C14H16N2O4. The number of pyridine rings is 1. The van der Waals surface area contributed by atoms with E-state index in [1.165, 1.54) is 16.5 Å². The minimum atomic E-state index is -1.16. The van der Waals surface area contributed by atoms with E-state index < -0.39 is 11.9 Å². The molecule has 0 amide bonds. The van der Waals surface area contributed by atoms with Crippen LogP contribution in [-0.4, -0.2) is 31.5 Å². The zero-order valence-corrected chi connectivity index (χ0v) is 11.5. The topological polar surface area (TPSA) is 91.9 Å². The van der Waals surface area contributed by atoms with Gasteiger partial charge in [-0.05, 0) is 17.5 Å². The summed E-state index contributed by atoms with van der Waals surface area (Å²) < 4.78 is 1.41. The van der Waals surface area contributed by atoms with Gasteiger partial charge in [0.05, 0.1) is 5.52 Å². The summed E-state index contributed by atoms with van der Waals surface area (Å²) in [4.78, 5) is 26.7. The summed E-state index contributed by atoms with van der Waals surface area (Å²) in [6.45, 7) is 5.95. The number of imidazole rings is 1. The van der Waals surface area contributed by atoms with Crippen LogP contribution in [0.5, 0.6) is 0 Å². The summed E-state index contributed by atoms with van der Waals surface area (Å²) in [5, 5.41) is 18.5. The first-order valence-corrected chi connectivity index (χ1v) is 6.17. The molecule has 0 fully saturated rings. The number of nitrogens with zero attached hydrogens (tertiary/aromatic N) is 2. The first kappa shape index (κ1) is 14.0. The number of hydrogen-bond donors (Lipinski definition) is 2. The molecule has 0 saturated heterocycles. The zero-order valence-electron chi connectivity index (χ0n) is 11.5. The first-order chi connectivity index (χ1) is 9.20. The Morgan fingerprint density at radius 3 is 2.35 bits per heavy atom. The lowest BCUT2D eigenvalue weighted by Gasteiger charge is -2.17. The molecule has 0 spiro atoms. The quantitative estimate of drug-likeness (QED) is 0.897. The Labute approximate surface area is 115 Å². The van der Waals surface area contributed by atoms with E-state index in [0.29, 0.717) is 17.8 Å². The van der Waals surface area contributed by atoms with E-state index in [4.69, 9.17) is 0 Å². The second-order valence-electron chi connectivity index (χ2n) is 5.86. The summed E-state index contributed by atoms with van der Waals surface area (Å²) in [6, 6.07) is 4.53. The van der Waals surface area contributed by atoms with E-state index in [2.05, 4.69) is 4.98 Å². The van der Waals surface area contributed by atoms with Gasteiger partial charge in [-0.1, -0.05) is 26.8 Å². The van der Waals surface area contributed by atoms with Gasteiger partial charge in [-0.3, -0.25) is 4.40 Å². The summed E-state index contributed by atoms with van der Waals surface area (Å²) in [6.07, 6.45) is 0.478. The molecule has 0 aliphatic rings. The Morgan fingerprint density at radius 1 is 1.20 bits per heavy atom. The third-order valence-electron chi connectivity index (χ3n) is 2.84. The molecule has 106 valence electrons. The standard InChI is InChI=1S/C14H16N2O4/c1-14(2,3)7-10-15-11(13(19)20)8-5-4-6-9(12(17)18)16(8)10/h4-6H,7H2,1-3H3,(H,17,18)(H,19,20). The maximum absolute atomic E-state index is 11.3. The molecule has 0 bridgehead atoms. The fourth-order valence-electron chi connectivity index (χ4n) is 2.13. The second-order valence-corrected chi connectivity index (χ2v) is 5.86. The predicted molar refractivity (Wildman–Crippen MR) is 72.3 cm³/mol. The van der Waals surface area contributed by atoms with Gasteiger partial charge in [0.1, 0.15) is 11.5 Å². The number of aromatic nitrogens is 2. The van der Waals surface area contributed by atoms with Crippen molar-refractivity contribution in [2.24, 2.45) is 5.41 Å². The summed E-state index contributed by atoms with van der Waals surface area (Å²) in [5.74, 6) is -1.83. The molecule has 0 atom stereocenters. The Morgan fingerprint density at radius 2 is 1.85 bits per heavy atom. The number of carboxylic acids is 2. The Bertz CT molecular complexity index is 695. The maximum atomic E-state index is 11.3. The van der Waals surface area contributed by atoms with Gasteiger partial charge in [-0.25, -0.2) is 14.6 Å². The van der Waals surface area contributed by atoms with Crippen LogP contribution < -0.4 is 0 Å². The third kappa shape index (κ3) is 2.49. The van der Waals surface area contributed by atoms with Crippen molar-refractivity contribution >= 4 is 17.5 Å². The van der Waals surface area contributed by atoms with E-state index in [1.54, 1.807) is 6.07 Å². The summed E-state index contributed by atoms with van der Waals surface area (Å²) in [5.41, 5.74) is 0.0635. The molecule has 0 saturated carbocycles. The van der Waals surface area contributed by atoms with Crippen LogP contribution in [0.4, 0.5) is 0 Å². The molecule has 0 aliphatic carbocycles. The average Bonchev–Trinajstić information content (AvgIpc) is 2.66. The molecule has 2 aromatic heterocycles. The normalized spacial score (nSPS) is 11.8. The highest BCUT2D eigenvalue weighted by atomic mass is 16.4. The molecule has 2 aromatic rings. The Hall–Kier alpha value is -2.37. The Kier molecular flexibility index (Phi) is 3.25. The fourth-order valence-corrected chi connectivity index (χ4v) is 2.13. The van der Waals surface area contributed by atoms with Gasteiger partial charge in [0.15, 0.2) is 5.69 Å². The van der Waals surface area contributed by atoms with E-state index in [9.17, 15) is 19.8 Å². The molecular weight excluding hydrogens is 260 g/mol. The smallest absolute Gasteiger partial charge is 0.356 e. The predicted octanol–water partition coefficient (Wildman–Crippen LogP) is 2.32. The molecule has 0 radical (unpaired) electrons. The number of hydrogen-bond acceptors (Lipinski definition) is 3. The Balaban J connectivity index is 2.79. The van der Waals surface area contributed by atoms with Crippen molar-refractivity contribution in [3.05, 3.63) is 35.4 Å². The highest BCUT2D eigenvalue weighted by molar-refractivity contribution is 5.95. The minimum Gasteiger partial charge on any atom is -0.477 e. The van der Waals surface area contributed by atoms with Gasteiger partial charge in [0.25, 0.3) is 0 Å². The van der Waals surface area contributed by atoms with Crippen molar-refractivity contribution in [3.8, 4) is 0 Å². The average molecular weight is 276 g/mol. The summed E-state index contributed by atoms with van der Waals surface area (Å²) >= 11 is 0. The van der Waals surface area contributed by atoms with Crippen LogP contribution in [0.15, 0.2) is 18.2 Å². The highest BCUT2D eigenvalue weighted by Crippen LogP contribution is 2.24. The zero-order chi connectivity index (χ0) is 15.1. The van der Waals surface area contributed by atoms with Gasteiger partial charge >= 0.3 is 11.9 Å². The van der Waals surface area contributed by atoms with Gasteiger partial charge in [-0.2, -0.15) is 0 Å². The molecule has 2 N–H and O–H groups in total. The molecule has 6 nitrogen and oxygen atoms in total. The van der Waals surface area contributed by atoms with Crippen LogP contribution >= 0.6 is 0 Å². The molecule has 20 heavy (non-hydrogen) atoms. The largest absolute Gasteiger partial charge is 0.477 e. The van der Waals surface area contributed by atoms with Gasteiger partial charge < -0.3 is 10.2 Å². The molecule has 6 heteroatoms. The number of carbonyl (C=O) groups is 2. The van der Waals surface area contributed by atoms with E-state index in [1.807, 2.05) is 20.8 Å². The van der Waals surface area contributed by atoms with Crippen molar-refractivity contribution in [1.82, 2.24) is 9.38 Å². The van der Waals surface area contributed by atoms with Crippen molar-refractivity contribution in [2.45, 2.75) is 27.2 Å². The number of carboxylic acid groups (broad SMARTS) is 2. The lowest BCUT2D eigenvalue weighted by Crippen LogP contribution is -2.14. The third-order valence-corrected chi connectivity index (χ3v) is 2.84. The number of aromatic carboxylic acids is 2. The van der Waals surface area contributed by atoms with Crippen LogP contribution in [0, 0.1) is 5.41 Å². The van der Waals surface area contributed by atoms with Crippen LogP contribution in [0.3, 0.4) is 0 Å². The fraction of sp³-hybridized carbons (Fsp3) is 0.357. The van der Waals surface area contributed by atoms with Crippen molar-refractivity contribution in [2.75, 3.05) is 0 Å². The lowest BCUT2D eigenvalue weighted by molar-refractivity contribution is 0.0678. The lowest BCUT2D eigenvalue weighted by atomic mass is 9.92. The summed E-state index contributed by atoms with van der Waals surface area (Å²) in [7, 11) is 0. The minimum absolute atomic E-state index is 0.0155. The van der Waals surface area contributed by atoms with Gasteiger partial charge in [-0.15, -0.1) is 0 Å². The second kappa shape index (κ2) is 4.63. The van der Waals surface area contributed by atoms with Crippen molar-refractivity contribution < 1.29 is 19.8 Å². The van der Waals surface area contributed by atoms with Crippen LogP contribution in [0.25, 0.3) is 5.52 Å². The van der Waals surface area contributed by atoms with Gasteiger partial charge in [0.2, 0.25) is 0 Å². The van der Waals surface area contributed by atoms with Crippen molar-refractivity contribution in [1.29, 1.82) is 0 Å². The number of rotatable bonds is 3. The van der Waals surface area contributed by atoms with Crippen LogP contribution in [0.2, 0.25) is 0 Å². The molecule has 2 heterocycles. The van der Waals surface area contributed by atoms with Crippen molar-refractivity contribution in [3.63, 3.8) is 0 Å². The van der Waals surface area contributed by atoms with E-state index >= 15 is 0 Å². The first-order valence-electron chi connectivity index (χ1n) is 6.17. The van der Waals surface area contributed by atoms with Crippen LogP contribution in [-0.2, 0) is 6.42 Å². The number of fused-ring (bicyclic) bond motifs is 1. The maximum Gasteiger partial charge on any atom is 0.356 e. The molecule has 0 unspecified atom stereocenters. The molecule has 2 rings (SSSR count). The molecule has 0 aliphatic heterocycles. The van der Waals surface area contributed by atoms with E-state index in [0.717, 1.165) is 0 Å². The van der Waals surface area contributed by atoms with Crippen LogP contribution in [0.1, 0.15) is 47.6 Å². The van der Waals surface area contributed by atoms with Gasteiger partial charge in [0, 0.05) is 6.42 Å². The SMILES string of the molecule is CC(C)(C)Cc1nc(C(=O)O)c2cccc(C(=O)O)n12. The monoisotopic (exact) mass is 276 g/mol.